The van der Waals surface area contributed by atoms with Crippen molar-refractivity contribution in [3.05, 3.63) is 30.3 Å². The lowest BCUT2D eigenvalue weighted by molar-refractivity contribution is -0.117. The molecule has 0 spiro atoms. The van der Waals surface area contributed by atoms with Gasteiger partial charge in [0.15, 0.2) is 4.34 Å². The molecule has 1 amide bonds. The van der Waals surface area contributed by atoms with Gasteiger partial charge in [0.1, 0.15) is 0 Å². The maximum atomic E-state index is 13.0. The van der Waals surface area contributed by atoms with E-state index in [2.05, 4.69) is 21.6 Å². The zero-order valence-electron chi connectivity index (χ0n) is 16.0. The third kappa shape index (κ3) is 5.69. The number of nitriles is 1. The number of anilines is 2. The first-order chi connectivity index (χ1) is 13.7. The van der Waals surface area contributed by atoms with E-state index in [4.69, 9.17) is 5.26 Å². The number of para-hydroxylation sites is 1. The fraction of sp³-hybridized carbons (Fsp3) is 0.500. The van der Waals surface area contributed by atoms with E-state index in [1.165, 1.54) is 55.2 Å². The van der Waals surface area contributed by atoms with Crippen LogP contribution >= 0.6 is 23.1 Å². The highest BCUT2D eigenvalue weighted by Crippen LogP contribution is 2.32. The third-order valence-electron chi connectivity index (χ3n) is 4.75. The van der Waals surface area contributed by atoms with Gasteiger partial charge in [-0.3, -0.25) is 4.79 Å². The molecule has 1 unspecified atom stereocenters. The molecule has 0 saturated heterocycles. The molecule has 0 aliphatic heterocycles. The zero-order chi connectivity index (χ0) is 19.8. The average Bonchev–Trinajstić information content (AvgIpc) is 3.16. The molecule has 1 aromatic carbocycles. The summed E-state index contributed by atoms with van der Waals surface area (Å²) in [7, 11) is 0. The summed E-state index contributed by atoms with van der Waals surface area (Å²) in [5.74, 6) is -0.0246. The predicted molar refractivity (Wildman–Crippen MR) is 115 cm³/mol. The molecule has 1 aliphatic carbocycles. The van der Waals surface area contributed by atoms with Crippen molar-refractivity contribution in [3.63, 3.8) is 0 Å². The van der Waals surface area contributed by atoms with Gasteiger partial charge < -0.3 is 10.2 Å². The quantitative estimate of drug-likeness (QED) is 0.629. The van der Waals surface area contributed by atoms with Crippen LogP contribution in [0.4, 0.5) is 10.8 Å². The minimum Gasteiger partial charge on any atom is -0.357 e. The van der Waals surface area contributed by atoms with Crippen molar-refractivity contribution >= 4 is 39.8 Å². The Morgan fingerprint density at radius 2 is 2.07 bits per heavy atom. The number of carbonyl (C=O) groups is 1. The van der Waals surface area contributed by atoms with Gasteiger partial charge in [-0.15, -0.1) is 10.2 Å². The topological polar surface area (TPSA) is 81.9 Å². The fourth-order valence-corrected chi connectivity index (χ4v) is 5.33. The van der Waals surface area contributed by atoms with Crippen molar-refractivity contribution < 1.29 is 4.79 Å². The van der Waals surface area contributed by atoms with Crippen LogP contribution in [-0.2, 0) is 4.79 Å². The number of nitrogens with one attached hydrogen (secondary N) is 1. The van der Waals surface area contributed by atoms with Gasteiger partial charge >= 0.3 is 0 Å². The summed E-state index contributed by atoms with van der Waals surface area (Å²) in [6.45, 7) is 2.26. The highest BCUT2D eigenvalue weighted by molar-refractivity contribution is 8.02. The Labute approximate surface area is 174 Å². The van der Waals surface area contributed by atoms with Crippen LogP contribution in [0, 0.1) is 11.3 Å². The molecule has 0 bridgehead atoms. The van der Waals surface area contributed by atoms with Crippen LogP contribution < -0.4 is 10.2 Å². The lowest BCUT2D eigenvalue weighted by Crippen LogP contribution is -2.37. The summed E-state index contributed by atoms with van der Waals surface area (Å²) in [6.07, 6.45) is 6.51. The first-order valence-corrected chi connectivity index (χ1v) is 11.4. The first-order valence-electron chi connectivity index (χ1n) is 9.67. The largest absolute Gasteiger partial charge is 0.357 e. The van der Waals surface area contributed by atoms with Gasteiger partial charge in [-0.2, -0.15) is 5.26 Å². The van der Waals surface area contributed by atoms with Gasteiger partial charge in [0.05, 0.1) is 17.7 Å². The van der Waals surface area contributed by atoms with Gasteiger partial charge in [-0.1, -0.05) is 60.6 Å². The first kappa shape index (κ1) is 20.6. The van der Waals surface area contributed by atoms with Gasteiger partial charge in [0, 0.05) is 18.3 Å². The molecule has 1 heterocycles. The van der Waals surface area contributed by atoms with E-state index in [9.17, 15) is 4.79 Å². The molecular weight excluding hydrogens is 390 g/mol. The SMILES string of the molecule is CC(Sc1nnc(NC2CCCCC2)s1)C(=O)N(CCC#N)c1ccccc1. The van der Waals surface area contributed by atoms with Gasteiger partial charge in [0.25, 0.3) is 0 Å². The lowest BCUT2D eigenvalue weighted by Gasteiger charge is -2.24. The summed E-state index contributed by atoms with van der Waals surface area (Å²) in [5.41, 5.74) is 0.812. The highest BCUT2D eigenvalue weighted by Gasteiger charge is 2.24. The molecule has 8 heteroatoms. The van der Waals surface area contributed by atoms with E-state index in [-0.39, 0.29) is 11.2 Å². The zero-order valence-corrected chi connectivity index (χ0v) is 17.6. The van der Waals surface area contributed by atoms with E-state index in [1.807, 2.05) is 37.3 Å². The molecule has 3 rings (SSSR count). The second-order valence-corrected chi connectivity index (χ2v) is 9.41. The summed E-state index contributed by atoms with van der Waals surface area (Å²) >= 11 is 2.93. The number of nitrogens with zero attached hydrogens (tertiary/aromatic N) is 4. The number of rotatable bonds is 8. The normalized spacial score (nSPS) is 15.6. The summed E-state index contributed by atoms with van der Waals surface area (Å²) < 4.78 is 0.785. The van der Waals surface area contributed by atoms with Crippen LogP contribution in [0.3, 0.4) is 0 Å². The van der Waals surface area contributed by atoms with Crippen molar-refractivity contribution in [1.82, 2.24) is 10.2 Å². The van der Waals surface area contributed by atoms with Crippen LogP contribution in [0.25, 0.3) is 0 Å². The number of hydrogen-bond acceptors (Lipinski definition) is 7. The van der Waals surface area contributed by atoms with Crippen LogP contribution in [0.2, 0.25) is 0 Å². The number of amides is 1. The van der Waals surface area contributed by atoms with E-state index >= 15 is 0 Å². The number of carbonyl (C=O) groups excluding carboxylic acids is 1. The van der Waals surface area contributed by atoms with Crippen LogP contribution in [0.15, 0.2) is 34.7 Å². The Morgan fingerprint density at radius 3 is 2.79 bits per heavy atom. The summed E-state index contributed by atoms with van der Waals surface area (Å²) in [6, 6.07) is 12.1. The number of aromatic nitrogens is 2. The standard InChI is InChI=1S/C20H25N5OS2/c1-15(18(26)25(14-8-13-21)17-11-6-3-7-12-17)27-20-24-23-19(28-20)22-16-9-4-2-5-10-16/h3,6-7,11-12,15-16H,2,4-5,8-10,14H2,1H3,(H,22,23). The lowest BCUT2D eigenvalue weighted by atomic mass is 9.96. The van der Waals surface area contributed by atoms with E-state index in [0.29, 0.717) is 19.0 Å². The van der Waals surface area contributed by atoms with Gasteiger partial charge in [-0.05, 0) is 31.9 Å². The molecule has 1 fully saturated rings. The molecule has 1 atom stereocenters. The molecule has 6 nitrogen and oxygen atoms in total. The average molecular weight is 416 g/mol. The second kappa shape index (κ2) is 10.4. The van der Waals surface area contributed by atoms with Crippen molar-refractivity contribution in [2.75, 3.05) is 16.8 Å². The molecule has 1 aliphatic rings. The third-order valence-corrected chi connectivity index (χ3v) is 6.77. The Kier molecular flexibility index (Phi) is 7.69. The van der Waals surface area contributed by atoms with E-state index in [1.54, 1.807) is 4.90 Å². The Bertz CT molecular complexity index is 798. The molecule has 28 heavy (non-hydrogen) atoms. The number of hydrogen-bond donors (Lipinski definition) is 1. The van der Waals surface area contributed by atoms with Crippen LogP contribution in [-0.4, -0.2) is 33.9 Å². The second-order valence-electron chi connectivity index (χ2n) is 6.85. The molecule has 1 saturated carbocycles. The summed E-state index contributed by atoms with van der Waals surface area (Å²) in [5, 5.41) is 21.4. The van der Waals surface area contributed by atoms with Gasteiger partial charge in [-0.25, -0.2) is 0 Å². The Morgan fingerprint density at radius 1 is 1.32 bits per heavy atom. The molecule has 148 valence electrons. The Hall–Kier alpha value is -2.11. The highest BCUT2D eigenvalue weighted by atomic mass is 32.2. The predicted octanol–water partition coefficient (Wildman–Crippen LogP) is 4.71. The monoisotopic (exact) mass is 415 g/mol. The minimum atomic E-state index is -0.311. The van der Waals surface area contributed by atoms with Crippen molar-refractivity contribution in [2.24, 2.45) is 0 Å². The van der Waals surface area contributed by atoms with Crippen molar-refractivity contribution in [3.8, 4) is 6.07 Å². The molecule has 0 radical (unpaired) electrons. The number of thioether (sulfide) groups is 1. The van der Waals surface area contributed by atoms with Crippen molar-refractivity contribution in [1.29, 1.82) is 5.26 Å². The molecule has 1 aromatic heterocycles. The van der Waals surface area contributed by atoms with E-state index in [0.717, 1.165) is 15.2 Å². The maximum absolute atomic E-state index is 13.0. The number of benzene rings is 1. The van der Waals surface area contributed by atoms with Crippen LogP contribution in [0.5, 0.6) is 0 Å². The smallest absolute Gasteiger partial charge is 0.240 e. The summed E-state index contributed by atoms with van der Waals surface area (Å²) in [4.78, 5) is 14.7. The van der Waals surface area contributed by atoms with Crippen molar-refractivity contribution in [2.45, 2.75) is 61.1 Å². The minimum absolute atomic E-state index is 0.0246. The maximum Gasteiger partial charge on any atom is 0.240 e. The molecule has 2 aromatic rings. The fourth-order valence-electron chi connectivity index (χ4n) is 3.29. The molecular formula is C20H25N5OS2. The van der Waals surface area contributed by atoms with Gasteiger partial charge in [0.2, 0.25) is 11.0 Å². The molecule has 1 N–H and O–H groups in total. The van der Waals surface area contributed by atoms with Crippen LogP contribution in [0.1, 0.15) is 45.4 Å². The Balaban J connectivity index is 1.61. The van der Waals surface area contributed by atoms with E-state index < -0.39 is 0 Å².